The fourth-order valence-electron chi connectivity index (χ4n) is 4.46. The number of fused-ring (bicyclic) bond motifs is 3. The lowest BCUT2D eigenvalue weighted by atomic mass is 9.87. The van der Waals surface area contributed by atoms with E-state index in [0.717, 1.165) is 45.2 Å². The first kappa shape index (κ1) is 20.0. The number of rotatable bonds is 2. The molecule has 0 radical (unpaired) electrons. The van der Waals surface area contributed by atoms with E-state index in [9.17, 15) is 0 Å². The van der Waals surface area contributed by atoms with Crippen molar-refractivity contribution < 1.29 is 4.74 Å². The number of anilines is 3. The molecule has 3 heterocycles. The average molecular weight is 449 g/mol. The lowest BCUT2D eigenvalue weighted by Crippen LogP contribution is -2.17. The molecule has 1 aliphatic heterocycles. The minimum Gasteiger partial charge on any atom is -0.452 e. The Hall–Kier alpha value is -3.63. The molecule has 162 valence electrons. The molecule has 33 heavy (non-hydrogen) atoms. The monoisotopic (exact) mass is 448 g/mol. The fraction of sp³-hybridized carbons (Fsp3) is 0.138. The Labute approximate surface area is 197 Å². The van der Waals surface area contributed by atoms with E-state index >= 15 is 0 Å². The maximum atomic E-state index is 6.54. The van der Waals surface area contributed by atoms with Crippen molar-refractivity contribution in [1.29, 1.82) is 0 Å². The van der Waals surface area contributed by atoms with Crippen molar-refractivity contribution in [3.63, 3.8) is 0 Å². The van der Waals surface area contributed by atoms with Gasteiger partial charge in [0.1, 0.15) is 0 Å². The van der Waals surface area contributed by atoms with E-state index in [-0.39, 0.29) is 5.41 Å². The van der Waals surface area contributed by atoms with Gasteiger partial charge in [-0.1, -0.05) is 51.1 Å². The van der Waals surface area contributed by atoms with Crippen molar-refractivity contribution in [2.45, 2.75) is 26.2 Å². The average Bonchev–Trinajstić information content (AvgIpc) is 3.31. The Morgan fingerprint density at radius 2 is 1.61 bits per heavy atom. The van der Waals surface area contributed by atoms with E-state index in [4.69, 9.17) is 9.72 Å². The SMILES string of the molecule is CC(C)(C)c1ccc(N2c3ccccc3Oc3c(-c4nccc5sccc45)cccc32)cc1. The molecule has 4 heteroatoms. The molecule has 0 spiro atoms. The number of pyridine rings is 1. The second-order valence-corrected chi connectivity index (χ2v) is 10.3. The normalized spacial score (nSPS) is 12.9. The van der Waals surface area contributed by atoms with Gasteiger partial charge in [-0.25, -0.2) is 0 Å². The molecule has 1 aliphatic rings. The Morgan fingerprint density at radius 1 is 0.818 bits per heavy atom. The van der Waals surface area contributed by atoms with Crippen LogP contribution in [0.1, 0.15) is 26.3 Å². The van der Waals surface area contributed by atoms with Crippen LogP contribution in [0.3, 0.4) is 0 Å². The molecular weight excluding hydrogens is 424 g/mol. The number of para-hydroxylation sites is 3. The molecule has 0 bridgehead atoms. The molecule has 0 amide bonds. The van der Waals surface area contributed by atoms with Crippen LogP contribution in [-0.4, -0.2) is 4.98 Å². The highest BCUT2D eigenvalue weighted by atomic mass is 32.1. The largest absolute Gasteiger partial charge is 0.452 e. The summed E-state index contributed by atoms with van der Waals surface area (Å²) in [4.78, 5) is 7.05. The summed E-state index contributed by atoms with van der Waals surface area (Å²) in [5.74, 6) is 1.68. The van der Waals surface area contributed by atoms with Crippen LogP contribution >= 0.6 is 11.3 Å². The topological polar surface area (TPSA) is 25.4 Å². The number of hydrogen-bond donors (Lipinski definition) is 0. The highest BCUT2D eigenvalue weighted by Gasteiger charge is 2.29. The van der Waals surface area contributed by atoms with E-state index in [1.54, 1.807) is 11.3 Å². The molecule has 0 saturated carbocycles. The summed E-state index contributed by atoms with van der Waals surface area (Å²) in [6.45, 7) is 6.73. The minimum atomic E-state index is 0.109. The van der Waals surface area contributed by atoms with Gasteiger partial charge in [0, 0.05) is 27.5 Å². The van der Waals surface area contributed by atoms with Gasteiger partial charge in [0.05, 0.1) is 17.1 Å². The van der Waals surface area contributed by atoms with Crippen molar-refractivity contribution in [2.75, 3.05) is 4.90 Å². The summed E-state index contributed by atoms with van der Waals surface area (Å²) >= 11 is 1.73. The maximum Gasteiger partial charge on any atom is 0.160 e. The van der Waals surface area contributed by atoms with Gasteiger partial charge < -0.3 is 9.64 Å². The zero-order valence-electron chi connectivity index (χ0n) is 18.9. The zero-order valence-corrected chi connectivity index (χ0v) is 19.7. The second-order valence-electron chi connectivity index (χ2n) is 9.35. The molecule has 5 aromatic rings. The first-order chi connectivity index (χ1) is 16.0. The van der Waals surface area contributed by atoms with Gasteiger partial charge in [-0.15, -0.1) is 11.3 Å². The van der Waals surface area contributed by atoms with E-state index < -0.39 is 0 Å². The van der Waals surface area contributed by atoms with Gasteiger partial charge in [-0.2, -0.15) is 0 Å². The predicted molar refractivity (Wildman–Crippen MR) is 139 cm³/mol. The highest BCUT2D eigenvalue weighted by Crippen LogP contribution is 2.53. The predicted octanol–water partition coefficient (Wildman–Crippen LogP) is 8.84. The van der Waals surface area contributed by atoms with Crippen molar-refractivity contribution in [3.8, 4) is 22.8 Å². The van der Waals surface area contributed by atoms with Crippen LogP contribution in [-0.2, 0) is 5.41 Å². The number of ether oxygens (including phenoxy) is 1. The highest BCUT2D eigenvalue weighted by molar-refractivity contribution is 7.17. The summed E-state index contributed by atoms with van der Waals surface area (Å²) in [5, 5.41) is 3.27. The summed E-state index contributed by atoms with van der Waals surface area (Å²) in [7, 11) is 0. The van der Waals surface area contributed by atoms with Crippen LogP contribution in [0.25, 0.3) is 21.3 Å². The Balaban J connectivity index is 1.56. The molecule has 6 rings (SSSR count). The van der Waals surface area contributed by atoms with Gasteiger partial charge in [0.25, 0.3) is 0 Å². The third-order valence-corrected chi connectivity index (χ3v) is 7.06. The van der Waals surface area contributed by atoms with Crippen LogP contribution in [0.2, 0.25) is 0 Å². The summed E-state index contributed by atoms with van der Waals surface area (Å²) < 4.78 is 7.77. The van der Waals surface area contributed by atoms with E-state index in [0.29, 0.717) is 0 Å². The number of nitrogens with zero attached hydrogens (tertiary/aromatic N) is 2. The standard InChI is InChI=1S/C29H24N2OS/c1-29(2,3)19-11-13-20(14-12-19)31-23-8-4-5-10-25(23)32-28-22(7-6-9-24(28)31)27-21-16-18-33-26(21)15-17-30-27/h4-18H,1-3H3. The summed E-state index contributed by atoms with van der Waals surface area (Å²) in [6, 6.07) is 27.6. The van der Waals surface area contributed by atoms with Gasteiger partial charge >= 0.3 is 0 Å². The molecule has 0 atom stereocenters. The number of hydrogen-bond acceptors (Lipinski definition) is 4. The first-order valence-corrected chi connectivity index (χ1v) is 12.0. The van der Waals surface area contributed by atoms with Crippen LogP contribution in [0.5, 0.6) is 11.5 Å². The number of thiophene rings is 1. The third-order valence-electron chi connectivity index (χ3n) is 6.18. The number of aromatic nitrogens is 1. The van der Waals surface area contributed by atoms with Crippen LogP contribution < -0.4 is 9.64 Å². The zero-order chi connectivity index (χ0) is 22.6. The quantitative estimate of drug-likeness (QED) is 0.264. The van der Waals surface area contributed by atoms with Crippen LogP contribution in [0.4, 0.5) is 17.1 Å². The van der Waals surface area contributed by atoms with Crippen molar-refractivity contribution in [1.82, 2.24) is 4.98 Å². The van der Waals surface area contributed by atoms with Gasteiger partial charge in [-0.3, -0.25) is 4.98 Å². The van der Waals surface area contributed by atoms with Crippen molar-refractivity contribution >= 4 is 38.5 Å². The summed E-state index contributed by atoms with van der Waals surface area (Å²) in [5.41, 5.74) is 6.54. The maximum absolute atomic E-state index is 6.54. The van der Waals surface area contributed by atoms with Gasteiger partial charge in [0.2, 0.25) is 0 Å². The summed E-state index contributed by atoms with van der Waals surface area (Å²) in [6.07, 6.45) is 1.88. The number of benzene rings is 3. The van der Waals surface area contributed by atoms with Gasteiger partial charge in [0.15, 0.2) is 11.5 Å². The molecule has 3 nitrogen and oxygen atoms in total. The first-order valence-electron chi connectivity index (χ1n) is 11.1. The minimum absolute atomic E-state index is 0.109. The fourth-order valence-corrected chi connectivity index (χ4v) is 5.24. The smallest absolute Gasteiger partial charge is 0.160 e. The van der Waals surface area contributed by atoms with Gasteiger partial charge in [-0.05, 0) is 64.9 Å². The van der Waals surface area contributed by atoms with Crippen LogP contribution in [0.15, 0.2) is 90.4 Å². The van der Waals surface area contributed by atoms with E-state index in [1.165, 1.54) is 10.3 Å². The molecule has 0 saturated heterocycles. The molecule has 2 aromatic heterocycles. The van der Waals surface area contributed by atoms with Crippen LogP contribution in [0, 0.1) is 0 Å². The molecule has 0 aliphatic carbocycles. The van der Waals surface area contributed by atoms with Crippen molar-refractivity contribution in [3.05, 3.63) is 96.0 Å². The van der Waals surface area contributed by atoms with E-state index in [2.05, 4.69) is 97.8 Å². The van der Waals surface area contributed by atoms with Crippen molar-refractivity contribution in [2.24, 2.45) is 0 Å². The molecule has 3 aromatic carbocycles. The molecule has 0 unspecified atom stereocenters. The molecule has 0 N–H and O–H groups in total. The molecule has 0 fully saturated rings. The Morgan fingerprint density at radius 3 is 2.42 bits per heavy atom. The molecular formula is C29H24N2OS. The lowest BCUT2D eigenvalue weighted by Gasteiger charge is -2.34. The Bertz CT molecular complexity index is 1480. The Kier molecular flexibility index (Phi) is 4.52. The second kappa shape index (κ2) is 7.46. The lowest BCUT2D eigenvalue weighted by molar-refractivity contribution is 0.478. The van der Waals surface area contributed by atoms with E-state index in [1.807, 2.05) is 18.3 Å². The third kappa shape index (κ3) is 3.30.